The largest absolute Gasteiger partial charge is 0.383 e. The number of rotatable bonds is 8. The lowest BCUT2D eigenvalue weighted by Gasteiger charge is -2.26. The zero-order valence-corrected chi connectivity index (χ0v) is 19.5. The summed E-state index contributed by atoms with van der Waals surface area (Å²) in [6.45, 7) is 6.39. The molecule has 3 rings (SSSR count). The molecule has 3 amide bonds. The second kappa shape index (κ2) is 10.3. The molecule has 8 heteroatoms. The summed E-state index contributed by atoms with van der Waals surface area (Å²) in [5, 5.41) is 3.40. The lowest BCUT2D eigenvalue weighted by atomic mass is 10.1. The van der Waals surface area contributed by atoms with Crippen molar-refractivity contribution in [1.82, 2.24) is 4.90 Å². The molecular formula is C24H28ClN3O4. The standard InChI is InChI=1S/C24H28ClN3O4/c1-15-6-5-7-20(17(15)3)26-22(29)14-27(10-11-32-4)21-13-23(30)28(24(21)31)18-9-8-16(2)19(25)12-18/h5-9,12,21H,10-11,13-14H2,1-4H3,(H,26,29)/t21-/m0/s1. The average Bonchev–Trinajstić information content (AvgIpc) is 3.04. The van der Waals surface area contributed by atoms with Gasteiger partial charge in [0, 0.05) is 24.4 Å². The Labute approximate surface area is 193 Å². The van der Waals surface area contributed by atoms with Crippen molar-refractivity contribution < 1.29 is 19.1 Å². The predicted octanol–water partition coefficient (Wildman–Crippen LogP) is 3.48. The highest BCUT2D eigenvalue weighted by Crippen LogP contribution is 2.29. The highest BCUT2D eigenvalue weighted by atomic mass is 35.5. The van der Waals surface area contributed by atoms with Gasteiger partial charge in [-0.1, -0.05) is 29.8 Å². The van der Waals surface area contributed by atoms with Gasteiger partial charge in [-0.3, -0.25) is 19.3 Å². The van der Waals surface area contributed by atoms with Crippen molar-refractivity contribution in [2.24, 2.45) is 0 Å². The van der Waals surface area contributed by atoms with E-state index in [2.05, 4.69) is 5.32 Å². The molecule has 1 heterocycles. The smallest absolute Gasteiger partial charge is 0.251 e. The van der Waals surface area contributed by atoms with Gasteiger partial charge in [-0.25, -0.2) is 4.90 Å². The van der Waals surface area contributed by atoms with E-state index in [0.29, 0.717) is 23.9 Å². The van der Waals surface area contributed by atoms with E-state index in [1.165, 1.54) is 0 Å². The Morgan fingerprint density at radius 1 is 1.19 bits per heavy atom. The van der Waals surface area contributed by atoms with Crippen molar-refractivity contribution in [1.29, 1.82) is 0 Å². The van der Waals surface area contributed by atoms with Gasteiger partial charge in [0.2, 0.25) is 11.8 Å². The highest BCUT2D eigenvalue weighted by Gasteiger charge is 2.43. The molecule has 2 aromatic rings. The molecule has 170 valence electrons. The molecule has 7 nitrogen and oxygen atoms in total. The summed E-state index contributed by atoms with van der Waals surface area (Å²) < 4.78 is 5.17. The number of methoxy groups -OCH3 is 1. The second-order valence-corrected chi connectivity index (χ2v) is 8.39. The number of hydrogen-bond acceptors (Lipinski definition) is 5. The van der Waals surface area contributed by atoms with Gasteiger partial charge < -0.3 is 10.1 Å². The minimum absolute atomic E-state index is 0.00913. The number of ether oxygens (including phenoxy) is 1. The van der Waals surface area contributed by atoms with Crippen LogP contribution in [0.5, 0.6) is 0 Å². The molecule has 0 unspecified atom stereocenters. The molecule has 0 aliphatic carbocycles. The Kier molecular flexibility index (Phi) is 7.66. The Hall–Kier alpha value is -2.74. The first kappa shape index (κ1) is 23.9. The van der Waals surface area contributed by atoms with Crippen LogP contribution in [0.25, 0.3) is 0 Å². The predicted molar refractivity (Wildman–Crippen MR) is 125 cm³/mol. The van der Waals surface area contributed by atoms with Gasteiger partial charge in [-0.15, -0.1) is 0 Å². The van der Waals surface area contributed by atoms with Gasteiger partial charge in [-0.2, -0.15) is 0 Å². The van der Waals surface area contributed by atoms with E-state index in [-0.39, 0.29) is 30.7 Å². The number of benzene rings is 2. The average molecular weight is 458 g/mol. The molecule has 0 spiro atoms. The lowest BCUT2D eigenvalue weighted by Crippen LogP contribution is -2.47. The molecule has 2 aromatic carbocycles. The number of anilines is 2. The first-order chi connectivity index (χ1) is 15.2. The first-order valence-corrected chi connectivity index (χ1v) is 10.8. The summed E-state index contributed by atoms with van der Waals surface area (Å²) >= 11 is 6.20. The molecule has 1 atom stereocenters. The summed E-state index contributed by atoms with van der Waals surface area (Å²) in [6, 6.07) is 10.0. The maximum atomic E-state index is 13.2. The maximum Gasteiger partial charge on any atom is 0.251 e. The normalized spacial score (nSPS) is 16.2. The highest BCUT2D eigenvalue weighted by molar-refractivity contribution is 6.32. The van der Waals surface area contributed by atoms with Crippen molar-refractivity contribution in [2.75, 3.05) is 37.0 Å². The quantitative estimate of drug-likeness (QED) is 0.614. The Balaban J connectivity index is 1.78. The van der Waals surface area contributed by atoms with Gasteiger partial charge in [0.1, 0.15) is 0 Å². The number of imide groups is 1. The summed E-state index contributed by atoms with van der Waals surface area (Å²) in [6.07, 6.45) is -0.00913. The van der Waals surface area contributed by atoms with Gasteiger partial charge in [0.15, 0.2) is 0 Å². The third-order valence-corrected chi connectivity index (χ3v) is 6.19. The zero-order valence-electron chi connectivity index (χ0n) is 18.8. The molecule has 1 aliphatic rings. The summed E-state index contributed by atoms with van der Waals surface area (Å²) in [4.78, 5) is 41.6. The second-order valence-electron chi connectivity index (χ2n) is 7.98. The third kappa shape index (κ3) is 5.18. The zero-order chi connectivity index (χ0) is 23.4. The number of aryl methyl sites for hydroxylation is 2. The lowest BCUT2D eigenvalue weighted by molar-refractivity contribution is -0.124. The molecule has 0 bridgehead atoms. The van der Waals surface area contributed by atoms with Crippen LogP contribution in [0.15, 0.2) is 36.4 Å². The number of halogens is 1. The van der Waals surface area contributed by atoms with Gasteiger partial charge in [0.05, 0.1) is 31.3 Å². The van der Waals surface area contributed by atoms with Crippen LogP contribution in [0.2, 0.25) is 5.02 Å². The van der Waals surface area contributed by atoms with E-state index in [0.717, 1.165) is 27.3 Å². The Bertz CT molecular complexity index is 1040. The minimum atomic E-state index is -0.748. The first-order valence-electron chi connectivity index (χ1n) is 10.4. The van der Waals surface area contributed by atoms with E-state index in [4.69, 9.17) is 16.3 Å². The van der Waals surface area contributed by atoms with Gasteiger partial charge in [-0.05, 0) is 55.7 Å². The SMILES string of the molecule is COCCN(CC(=O)Nc1cccc(C)c1C)[C@H]1CC(=O)N(c2ccc(C)c(Cl)c2)C1=O. The van der Waals surface area contributed by atoms with Crippen LogP contribution in [0, 0.1) is 20.8 Å². The van der Waals surface area contributed by atoms with Crippen LogP contribution in [-0.2, 0) is 19.1 Å². The number of nitrogens with zero attached hydrogens (tertiary/aromatic N) is 2. The third-order valence-electron chi connectivity index (χ3n) is 5.79. The molecule has 1 saturated heterocycles. The Morgan fingerprint density at radius 2 is 1.94 bits per heavy atom. The summed E-state index contributed by atoms with van der Waals surface area (Å²) in [5.74, 6) is -0.949. The number of nitrogens with one attached hydrogen (secondary N) is 1. The van der Waals surface area contributed by atoms with Crippen LogP contribution in [0.1, 0.15) is 23.1 Å². The fourth-order valence-corrected chi connectivity index (χ4v) is 3.88. The van der Waals surface area contributed by atoms with E-state index in [1.807, 2.05) is 39.0 Å². The summed E-state index contributed by atoms with van der Waals surface area (Å²) in [7, 11) is 1.55. The van der Waals surface area contributed by atoms with Gasteiger partial charge >= 0.3 is 0 Å². The molecule has 32 heavy (non-hydrogen) atoms. The monoisotopic (exact) mass is 457 g/mol. The number of carbonyl (C=O) groups is 3. The number of amides is 3. The molecule has 0 aromatic heterocycles. The maximum absolute atomic E-state index is 13.2. The van der Waals surface area contributed by atoms with Crippen LogP contribution in [-0.4, -0.2) is 55.5 Å². The van der Waals surface area contributed by atoms with Crippen molar-refractivity contribution >= 4 is 40.7 Å². The topological polar surface area (TPSA) is 79.0 Å². The fourth-order valence-electron chi connectivity index (χ4n) is 3.71. The molecular weight excluding hydrogens is 430 g/mol. The van der Waals surface area contributed by atoms with Gasteiger partial charge in [0.25, 0.3) is 5.91 Å². The van der Waals surface area contributed by atoms with E-state index in [9.17, 15) is 14.4 Å². The van der Waals surface area contributed by atoms with Crippen LogP contribution < -0.4 is 10.2 Å². The van der Waals surface area contributed by atoms with Crippen molar-refractivity contribution in [3.63, 3.8) is 0 Å². The minimum Gasteiger partial charge on any atom is -0.383 e. The molecule has 0 radical (unpaired) electrons. The van der Waals surface area contributed by atoms with Crippen LogP contribution in [0.3, 0.4) is 0 Å². The Morgan fingerprint density at radius 3 is 2.62 bits per heavy atom. The van der Waals surface area contributed by atoms with E-state index >= 15 is 0 Å². The number of carbonyl (C=O) groups excluding carboxylic acids is 3. The van der Waals surface area contributed by atoms with E-state index < -0.39 is 6.04 Å². The summed E-state index contributed by atoms with van der Waals surface area (Å²) in [5.41, 5.74) is 4.08. The molecule has 0 saturated carbocycles. The fraction of sp³-hybridized carbons (Fsp3) is 0.375. The van der Waals surface area contributed by atoms with Crippen molar-refractivity contribution in [3.05, 3.63) is 58.1 Å². The van der Waals surface area contributed by atoms with Crippen molar-refractivity contribution in [2.45, 2.75) is 33.2 Å². The van der Waals surface area contributed by atoms with E-state index in [1.54, 1.807) is 30.2 Å². The van der Waals surface area contributed by atoms with Crippen LogP contribution in [0.4, 0.5) is 11.4 Å². The molecule has 1 N–H and O–H groups in total. The van der Waals surface area contributed by atoms with Crippen LogP contribution >= 0.6 is 11.6 Å². The van der Waals surface area contributed by atoms with Crippen molar-refractivity contribution in [3.8, 4) is 0 Å². The molecule has 1 fully saturated rings. The number of hydrogen-bond donors (Lipinski definition) is 1. The molecule has 1 aliphatic heterocycles.